The lowest BCUT2D eigenvalue weighted by molar-refractivity contribution is 0.112. The molecule has 0 amide bonds. The molecule has 0 fully saturated rings. The molecule has 0 spiro atoms. The van der Waals surface area contributed by atoms with Crippen molar-refractivity contribution in [3.8, 4) is 11.3 Å². The van der Waals surface area contributed by atoms with Crippen LogP contribution in [0.15, 0.2) is 116 Å². The van der Waals surface area contributed by atoms with Crippen molar-refractivity contribution in [2.75, 3.05) is 0 Å². The lowest BCUT2D eigenvalue weighted by atomic mass is 9.69. The second-order valence-corrected chi connectivity index (χ2v) is 7.56. The number of aldehydes is 1. The number of imidazole rings is 1. The van der Waals surface area contributed by atoms with Crippen molar-refractivity contribution in [3.63, 3.8) is 0 Å². The Morgan fingerprint density at radius 1 is 0.719 bits per heavy atom. The predicted molar refractivity (Wildman–Crippen MR) is 126 cm³/mol. The number of carbonyl (C=O) groups is 1. The first-order chi connectivity index (χ1) is 15.8. The normalized spacial score (nSPS) is 11.2. The Bertz CT molecular complexity index is 1230. The van der Waals surface area contributed by atoms with Gasteiger partial charge in [-0.3, -0.25) is 9.78 Å². The van der Waals surface area contributed by atoms with Crippen molar-refractivity contribution >= 4 is 6.29 Å². The Hall–Kier alpha value is -4.31. The minimum atomic E-state index is -0.661. The molecule has 5 aromatic rings. The molecule has 0 aliphatic rings. The van der Waals surface area contributed by atoms with E-state index < -0.39 is 5.41 Å². The summed E-state index contributed by atoms with van der Waals surface area (Å²) in [4.78, 5) is 24.3. The molecule has 2 aromatic heterocycles. The molecule has 0 bridgehead atoms. The van der Waals surface area contributed by atoms with Gasteiger partial charge >= 0.3 is 0 Å². The molecule has 1 N–H and O–H groups in total. The van der Waals surface area contributed by atoms with Crippen LogP contribution < -0.4 is 0 Å². The average molecular weight is 415 g/mol. The molecule has 32 heavy (non-hydrogen) atoms. The maximum atomic E-state index is 11.6. The summed E-state index contributed by atoms with van der Waals surface area (Å²) < 4.78 is 0. The molecule has 4 nitrogen and oxygen atoms in total. The first-order valence-electron chi connectivity index (χ1n) is 10.5. The molecular weight excluding hydrogens is 394 g/mol. The molecule has 0 aliphatic heterocycles. The number of pyridine rings is 1. The lowest BCUT2D eigenvalue weighted by Crippen LogP contribution is -2.32. The number of carbonyl (C=O) groups excluding carboxylic acids is 1. The van der Waals surface area contributed by atoms with E-state index in [1.54, 1.807) is 18.5 Å². The fourth-order valence-electron chi connectivity index (χ4n) is 4.35. The van der Waals surface area contributed by atoms with Gasteiger partial charge in [-0.1, -0.05) is 91.0 Å². The van der Waals surface area contributed by atoms with E-state index in [4.69, 9.17) is 4.98 Å². The van der Waals surface area contributed by atoms with Gasteiger partial charge in [-0.05, 0) is 22.8 Å². The van der Waals surface area contributed by atoms with Gasteiger partial charge in [-0.2, -0.15) is 0 Å². The summed E-state index contributed by atoms with van der Waals surface area (Å²) in [6.07, 6.45) is 5.98. The van der Waals surface area contributed by atoms with Gasteiger partial charge in [-0.15, -0.1) is 0 Å². The van der Waals surface area contributed by atoms with Crippen molar-refractivity contribution in [1.82, 2.24) is 15.0 Å². The van der Waals surface area contributed by atoms with Crippen molar-refractivity contribution in [1.29, 1.82) is 0 Å². The highest BCUT2D eigenvalue weighted by molar-refractivity contribution is 5.86. The molecular formula is C28H21N3O. The summed E-state index contributed by atoms with van der Waals surface area (Å²) in [6, 6.07) is 32.8. The third-order valence-corrected chi connectivity index (χ3v) is 5.81. The summed E-state index contributed by atoms with van der Waals surface area (Å²) in [5.74, 6) is 0.775. The molecule has 0 aliphatic carbocycles. The zero-order valence-electron chi connectivity index (χ0n) is 17.3. The van der Waals surface area contributed by atoms with E-state index in [9.17, 15) is 4.79 Å². The topological polar surface area (TPSA) is 58.6 Å². The number of nitrogens with one attached hydrogen (secondary N) is 1. The van der Waals surface area contributed by atoms with E-state index >= 15 is 0 Å². The number of aromatic nitrogens is 3. The fourth-order valence-corrected chi connectivity index (χ4v) is 4.35. The minimum absolute atomic E-state index is 0.558. The van der Waals surface area contributed by atoms with Gasteiger partial charge < -0.3 is 4.98 Å². The van der Waals surface area contributed by atoms with Gasteiger partial charge in [0.1, 0.15) is 11.2 Å². The average Bonchev–Trinajstić information content (AvgIpc) is 3.37. The largest absolute Gasteiger partial charge is 0.347 e. The zero-order chi connectivity index (χ0) is 21.8. The van der Waals surface area contributed by atoms with Crippen LogP contribution >= 0.6 is 0 Å². The summed E-state index contributed by atoms with van der Waals surface area (Å²) in [7, 11) is 0. The van der Waals surface area contributed by atoms with Gasteiger partial charge in [0.05, 0.1) is 5.69 Å². The molecule has 5 rings (SSSR count). The van der Waals surface area contributed by atoms with Crippen molar-refractivity contribution < 1.29 is 4.79 Å². The van der Waals surface area contributed by atoms with E-state index in [0.29, 0.717) is 16.8 Å². The molecule has 0 atom stereocenters. The predicted octanol–water partition coefficient (Wildman–Crippen LogP) is 5.67. The summed E-state index contributed by atoms with van der Waals surface area (Å²) in [6.45, 7) is 0. The van der Waals surface area contributed by atoms with E-state index in [2.05, 4.69) is 46.4 Å². The summed E-state index contributed by atoms with van der Waals surface area (Å²) >= 11 is 0. The summed E-state index contributed by atoms with van der Waals surface area (Å²) in [5.41, 5.74) is 4.57. The Balaban J connectivity index is 1.82. The van der Waals surface area contributed by atoms with E-state index in [-0.39, 0.29) is 0 Å². The first-order valence-corrected chi connectivity index (χ1v) is 10.5. The molecule has 0 saturated heterocycles. The number of rotatable bonds is 6. The van der Waals surface area contributed by atoms with Crippen LogP contribution in [0.25, 0.3) is 11.3 Å². The Morgan fingerprint density at radius 2 is 1.25 bits per heavy atom. The highest BCUT2D eigenvalue weighted by Gasteiger charge is 2.41. The van der Waals surface area contributed by atoms with Crippen LogP contribution in [0.1, 0.15) is 32.9 Å². The quantitative estimate of drug-likeness (QED) is 0.287. The van der Waals surface area contributed by atoms with Gasteiger partial charge in [0.25, 0.3) is 0 Å². The zero-order valence-corrected chi connectivity index (χ0v) is 17.3. The molecule has 0 saturated carbocycles. The Kier molecular flexibility index (Phi) is 5.18. The Labute approximate surface area is 186 Å². The van der Waals surface area contributed by atoms with E-state index in [0.717, 1.165) is 28.8 Å². The van der Waals surface area contributed by atoms with Gasteiger partial charge in [0.15, 0.2) is 6.29 Å². The third kappa shape index (κ3) is 3.22. The lowest BCUT2D eigenvalue weighted by Gasteiger charge is -2.34. The minimum Gasteiger partial charge on any atom is -0.347 e. The number of hydrogen-bond acceptors (Lipinski definition) is 3. The number of aromatic amines is 1. The van der Waals surface area contributed by atoms with E-state index in [1.807, 2.05) is 60.8 Å². The van der Waals surface area contributed by atoms with Crippen LogP contribution in [0.4, 0.5) is 0 Å². The standard InChI is InChI=1S/C28H21N3O/c32-20-21-16-17-29-18-25(21)26-19-30-27(31-26)28(22-10-4-1-5-11-22,23-12-6-2-7-13-23)24-14-8-3-9-15-24/h1-20H,(H,30,31). The SMILES string of the molecule is O=Cc1ccncc1-c1c[nH]c(C(c2ccccc2)(c2ccccc2)c2ccccc2)n1. The molecule has 2 heterocycles. The van der Waals surface area contributed by atoms with Crippen molar-refractivity contribution in [2.45, 2.75) is 5.41 Å². The monoisotopic (exact) mass is 415 g/mol. The highest BCUT2D eigenvalue weighted by atomic mass is 16.1. The molecule has 0 unspecified atom stereocenters. The van der Waals surface area contributed by atoms with Crippen LogP contribution in [-0.2, 0) is 5.41 Å². The Morgan fingerprint density at radius 3 is 1.75 bits per heavy atom. The first kappa shape index (κ1) is 19.6. The van der Waals surface area contributed by atoms with Crippen molar-refractivity contribution in [3.05, 3.63) is 144 Å². The van der Waals surface area contributed by atoms with Gasteiger partial charge in [0, 0.05) is 29.7 Å². The highest BCUT2D eigenvalue weighted by Crippen LogP contribution is 2.44. The van der Waals surface area contributed by atoms with Crippen molar-refractivity contribution in [2.24, 2.45) is 0 Å². The number of hydrogen-bond donors (Lipinski definition) is 1. The molecule has 4 heteroatoms. The van der Waals surface area contributed by atoms with Crippen LogP contribution in [-0.4, -0.2) is 21.2 Å². The van der Waals surface area contributed by atoms with Gasteiger partial charge in [0.2, 0.25) is 0 Å². The van der Waals surface area contributed by atoms with Crippen LogP contribution in [0.5, 0.6) is 0 Å². The van der Waals surface area contributed by atoms with Crippen LogP contribution in [0, 0.1) is 0 Å². The third-order valence-electron chi connectivity index (χ3n) is 5.81. The molecule has 0 radical (unpaired) electrons. The van der Waals surface area contributed by atoms with Crippen LogP contribution in [0.3, 0.4) is 0 Å². The maximum absolute atomic E-state index is 11.6. The second-order valence-electron chi connectivity index (χ2n) is 7.56. The fraction of sp³-hybridized carbons (Fsp3) is 0.0357. The number of benzene rings is 3. The molecule has 154 valence electrons. The maximum Gasteiger partial charge on any atom is 0.150 e. The molecule has 3 aromatic carbocycles. The number of nitrogens with zero attached hydrogens (tertiary/aromatic N) is 2. The smallest absolute Gasteiger partial charge is 0.150 e. The van der Waals surface area contributed by atoms with Crippen LogP contribution in [0.2, 0.25) is 0 Å². The number of H-pyrrole nitrogens is 1. The van der Waals surface area contributed by atoms with Gasteiger partial charge in [-0.25, -0.2) is 4.98 Å². The summed E-state index contributed by atoms with van der Waals surface area (Å²) in [5, 5.41) is 0. The van der Waals surface area contributed by atoms with E-state index in [1.165, 1.54) is 0 Å². The second kappa shape index (κ2) is 8.44.